The van der Waals surface area contributed by atoms with E-state index in [0.29, 0.717) is 12.0 Å². The number of esters is 1. The molecular formula is C14H16O4. The summed E-state index contributed by atoms with van der Waals surface area (Å²) in [5.41, 5.74) is 1.92. The average Bonchev–Trinajstić information content (AvgIpc) is 2.92. The van der Waals surface area contributed by atoms with Crippen molar-refractivity contribution < 1.29 is 19.1 Å². The van der Waals surface area contributed by atoms with Crippen LogP contribution in [0.25, 0.3) is 0 Å². The van der Waals surface area contributed by atoms with Gasteiger partial charge in [-0.3, -0.25) is 0 Å². The molecule has 2 aliphatic rings. The van der Waals surface area contributed by atoms with Gasteiger partial charge in [0.05, 0.1) is 18.6 Å². The second-order valence-electron chi connectivity index (χ2n) is 5.37. The minimum Gasteiger partial charge on any atom is -0.472 e. The molecule has 96 valence electrons. The molecule has 3 rings (SSSR count). The van der Waals surface area contributed by atoms with Crippen molar-refractivity contribution in [3.8, 4) is 0 Å². The summed E-state index contributed by atoms with van der Waals surface area (Å²) in [7, 11) is 0. The molecule has 1 fully saturated rings. The van der Waals surface area contributed by atoms with Crippen LogP contribution in [0.2, 0.25) is 0 Å². The number of hydrogen-bond donors (Lipinski definition) is 1. The van der Waals surface area contributed by atoms with Crippen molar-refractivity contribution in [1.29, 1.82) is 0 Å². The number of cyclic esters (lactones) is 1. The number of carbonyl (C=O) groups is 1. The van der Waals surface area contributed by atoms with Crippen LogP contribution in [0.4, 0.5) is 0 Å². The van der Waals surface area contributed by atoms with E-state index in [1.165, 1.54) is 0 Å². The van der Waals surface area contributed by atoms with Crippen LogP contribution in [-0.4, -0.2) is 17.2 Å². The monoisotopic (exact) mass is 248 g/mol. The highest BCUT2D eigenvalue weighted by atomic mass is 16.6. The third-order valence-electron chi connectivity index (χ3n) is 4.26. The van der Waals surface area contributed by atoms with Crippen LogP contribution < -0.4 is 0 Å². The van der Waals surface area contributed by atoms with Gasteiger partial charge < -0.3 is 14.3 Å². The standard InChI is InChI=1S/C14H16O4/c1-8-10(15)3-5-14(2)11(8)13(16)18-12(14)9-4-6-17-7-9/h4,6-7,10,12,15H,3,5H2,1-2H3/t10-,12+,14-/m1/s1. The van der Waals surface area contributed by atoms with E-state index in [2.05, 4.69) is 0 Å². The molecule has 18 heavy (non-hydrogen) atoms. The maximum absolute atomic E-state index is 12.1. The number of hydrogen-bond acceptors (Lipinski definition) is 4. The maximum Gasteiger partial charge on any atom is 0.335 e. The summed E-state index contributed by atoms with van der Waals surface area (Å²) in [6.45, 7) is 3.84. The Balaban J connectivity index is 2.11. The molecule has 2 heterocycles. The summed E-state index contributed by atoms with van der Waals surface area (Å²) < 4.78 is 10.6. The number of furan rings is 1. The van der Waals surface area contributed by atoms with Gasteiger partial charge >= 0.3 is 5.97 Å². The largest absolute Gasteiger partial charge is 0.472 e. The van der Waals surface area contributed by atoms with Crippen LogP contribution >= 0.6 is 0 Å². The van der Waals surface area contributed by atoms with Gasteiger partial charge in [-0.2, -0.15) is 0 Å². The lowest BCUT2D eigenvalue weighted by molar-refractivity contribution is -0.140. The van der Waals surface area contributed by atoms with E-state index in [1.807, 2.05) is 19.9 Å². The lowest BCUT2D eigenvalue weighted by atomic mass is 9.67. The van der Waals surface area contributed by atoms with E-state index in [4.69, 9.17) is 9.15 Å². The van der Waals surface area contributed by atoms with Gasteiger partial charge in [0.1, 0.15) is 6.10 Å². The van der Waals surface area contributed by atoms with E-state index in [1.54, 1.807) is 12.5 Å². The van der Waals surface area contributed by atoms with Gasteiger partial charge in [-0.25, -0.2) is 4.79 Å². The van der Waals surface area contributed by atoms with Crippen LogP contribution in [0.1, 0.15) is 38.4 Å². The third-order valence-corrected chi connectivity index (χ3v) is 4.26. The number of aliphatic hydroxyl groups excluding tert-OH is 1. The molecule has 0 saturated carbocycles. The Morgan fingerprint density at radius 3 is 2.94 bits per heavy atom. The zero-order chi connectivity index (χ0) is 12.9. The van der Waals surface area contributed by atoms with Crippen molar-refractivity contribution in [1.82, 2.24) is 0 Å². The van der Waals surface area contributed by atoms with E-state index in [0.717, 1.165) is 17.6 Å². The fourth-order valence-electron chi connectivity index (χ4n) is 3.21. The fourth-order valence-corrected chi connectivity index (χ4v) is 3.21. The number of fused-ring (bicyclic) bond motifs is 1. The Labute approximate surface area is 105 Å². The molecule has 3 atom stereocenters. The molecule has 0 spiro atoms. The summed E-state index contributed by atoms with van der Waals surface area (Å²) in [4.78, 5) is 12.1. The molecule has 4 nitrogen and oxygen atoms in total. The first kappa shape index (κ1) is 11.5. The zero-order valence-corrected chi connectivity index (χ0v) is 10.5. The summed E-state index contributed by atoms with van der Waals surface area (Å²) in [6, 6.07) is 1.83. The molecule has 0 amide bonds. The number of carbonyl (C=O) groups excluding carboxylic acids is 1. The van der Waals surface area contributed by atoms with Gasteiger partial charge in [0, 0.05) is 16.6 Å². The first-order valence-electron chi connectivity index (χ1n) is 6.16. The molecule has 1 N–H and O–H groups in total. The second kappa shape index (κ2) is 3.72. The van der Waals surface area contributed by atoms with Crippen LogP contribution in [0.15, 0.2) is 34.2 Å². The van der Waals surface area contributed by atoms with E-state index < -0.39 is 6.10 Å². The van der Waals surface area contributed by atoms with Crippen LogP contribution in [0, 0.1) is 5.41 Å². The van der Waals surface area contributed by atoms with E-state index >= 15 is 0 Å². The molecule has 1 aliphatic carbocycles. The van der Waals surface area contributed by atoms with Crippen molar-refractivity contribution >= 4 is 5.97 Å². The van der Waals surface area contributed by atoms with Gasteiger partial charge in [-0.1, -0.05) is 6.92 Å². The minimum atomic E-state index is -0.524. The molecular weight excluding hydrogens is 232 g/mol. The van der Waals surface area contributed by atoms with Gasteiger partial charge in [0.25, 0.3) is 0 Å². The molecule has 0 radical (unpaired) electrons. The van der Waals surface area contributed by atoms with Gasteiger partial charge in [0.2, 0.25) is 0 Å². The molecule has 4 heteroatoms. The summed E-state index contributed by atoms with van der Waals surface area (Å²) in [5, 5.41) is 9.89. The highest BCUT2D eigenvalue weighted by Gasteiger charge is 2.54. The Morgan fingerprint density at radius 2 is 2.28 bits per heavy atom. The SMILES string of the molecule is CC1=C2C(=O)O[C@@H](c3ccoc3)[C@]2(C)CC[C@H]1O. The van der Waals surface area contributed by atoms with Gasteiger partial charge in [0.15, 0.2) is 0 Å². The minimum absolute atomic E-state index is 0.304. The maximum atomic E-state index is 12.1. The third kappa shape index (κ3) is 1.38. The van der Waals surface area contributed by atoms with Crippen LogP contribution in [0.3, 0.4) is 0 Å². The summed E-state index contributed by atoms with van der Waals surface area (Å²) in [6.07, 6.45) is 3.77. The highest BCUT2D eigenvalue weighted by molar-refractivity contribution is 5.94. The predicted molar refractivity (Wildman–Crippen MR) is 63.6 cm³/mol. The average molecular weight is 248 g/mol. The number of rotatable bonds is 1. The van der Waals surface area contributed by atoms with Crippen molar-refractivity contribution in [2.45, 2.75) is 38.9 Å². The molecule has 1 aliphatic heterocycles. The fraction of sp³-hybridized carbons (Fsp3) is 0.500. The van der Waals surface area contributed by atoms with Crippen molar-refractivity contribution in [2.24, 2.45) is 5.41 Å². The molecule has 0 aromatic carbocycles. The molecule has 0 bridgehead atoms. The molecule has 1 aromatic heterocycles. The second-order valence-corrected chi connectivity index (χ2v) is 5.37. The van der Waals surface area contributed by atoms with Crippen molar-refractivity contribution in [2.75, 3.05) is 0 Å². The van der Waals surface area contributed by atoms with Crippen molar-refractivity contribution in [3.63, 3.8) is 0 Å². The van der Waals surface area contributed by atoms with Gasteiger partial charge in [-0.15, -0.1) is 0 Å². The Kier molecular flexibility index (Phi) is 2.38. The molecule has 1 saturated heterocycles. The number of ether oxygens (including phenoxy) is 1. The Morgan fingerprint density at radius 1 is 1.50 bits per heavy atom. The zero-order valence-electron chi connectivity index (χ0n) is 10.5. The smallest absolute Gasteiger partial charge is 0.335 e. The lowest BCUT2D eigenvalue weighted by Gasteiger charge is -2.35. The normalized spacial score (nSPS) is 35.6. The Bertz CT molecular complexity index is 514. The summed E-state index contributed by atoms with van der Waals surface area (Å²) in [5.74, 6) is -0.306. The summed E-state index contributed by atoms with van der Waals surface area (Å²) >= 11 is 0. The topological polar surface area (TPSA) is 59.7 Å². The molecule has 1 aromatic rings. The first-order valence-corrected chi connectivity index (χ1v) is 6.16. The predicted octanol–water partition coefficient (Wildman–Crippen LogP) is 2.36. The van der Waals surface area contributed by atoms with Gasteiger partial charge in [-0.05, 0) is 31.4 Å². The van der Waals surface area contributed by atoms with E-state index in [-0.39, 0.29) is 17.5 Å². The quantitative estimate of drug-likeness (QED) is 0.775. The molecule has 0 unspecified atom stereocenters. The Hall–Kier alpha value is -1.55. The van der Waals surface area contributed by atoms with E-state index in [9.17, 15) is 9.90 Å². The number of aliphatic hydroxyl groups is 1. The lowest BCUT2D eigenvalue weighted by Crippen LogP contribution is -2.31. The van der Waals surface area contributed by atoms with Crippen molar-refractivity contribution in [3.05, 3.63) is 35.3 Å². The first-order chi connectivity index (χ1) is 8.54. The van der Waals surface area contributed by atoms with Crippen LogP contribution in [0.5, 0.6) is 0 Å². The highest BCUT2D eigenvalue weighted by Crippen LogP contribution is 2.55. The van der Waals surface area contributed by atoms with Crippen LogP contribution in [-0.2, 0) is 9.53 Å².